The summed E-state index contributed by atoms with van der Waals surface area (Å²) in [5.41, 5.74) is 0. The first kappa shape index (κ1) is 15.2. The van der Waals surface area contributed by atoms with Crippen molar-refractivity contribution in [2.24, 2.45) is 0 Å². The van der Waals surface area contributed by atoms with Crippen LogP contribution in [-0.2, 0) is 14.3 Å². The number of carbonyl (C=O) groups is 3. The third-order valence-corrected chi connectivity index (χ3v) is 2.71. The van der Waals surface area contributed by atoms with E-state index in [0.717, 1.165) is 0 Å². The Kier molecular flexibility index (Phi) is 5.56. The molecule has 0 aromatic rings. The molecule has 1 rings (SSSR count). The van der Waals surface area contributed by atoms with E-state index < -0.39 is 24.1 Å². The number of nitrogens with zero attached hydrogens (tertiary/aromatic N) is 1. The highest BCUT2D eigenvalue weighted by Crippen LogP contribution is 2.05. The molecule has 0 aromatic carbocycles. The number of carbonyl (C=O) groups excluding carboxylic acids is 2. The second-order valence-electron chi connectivity index (χ2n) is 4.21. The van der Waals surface area contributed by atoms with Gasteiger partial charge in [-0.15, -0.1) is 0 Å². The van der Waals surface area contributed by atoms with Gasteiger partial charge < -0.3 is 25.4 Å². The molecule has 1 heterocycles. The summed E-state index contributed by atoms with van der Waals surface area (Å²) >= 11 is 0. The van der Waals surface area contributed by atoms with Gasteiger partial charge in [0.2, 0.25) is 5.91 Å². The molecule has 0 bridgehead atoms. The first-order valence-corrected chi connectivity index (χ1v) is 6.13. The Hall–Kier alpha value is -1.83. The van der Waals surface area contributed by atoms with Gasteiger partial charge in [0, 0.05) is 13.1 Å². The van der Waals surface area contributed by atoms with Crippen LogP contribution in [0.25, 0.3) is 0 Å². The van der Waals surface area contributed by atoms with Crippen LogP contribution in [0.3, 0.4) is 0 Å². The molecule has 0 radical (unpaired) electrons. The molecule has 0 saturated carbocycles. The number of amides is 3. The summed E-state index contributed by atoms with van der Waals surface area (Å²) in [6.45, 7) is 4.28. The highest BCUT2D eigenvalue weighted by Gasteiger charge is 2.29. The smallest absolute Gasteiger partial charge is 0.334 e. The Bertz CT molecular complexity index is 360. The molecule has 8 heteroatoms. The second-order valence-corrected chi connectivity index (χ2v) is 4.21. The van der Waals surface area contributed by atoms with E-state index in [1.165, 1.54) is 4.90 Å². The van der Waals surface area contributed by atoms with E-state index >= 15 is 0 Å². The predicted octanol–water partition coefficient (Wildman–Crippen LogP) is -0.994. The molecular weight excluding hydrogens is 254 g/mol. The first-order valence-electron chi connectivity index (χ1n) is 6.13. The zero-order valence-corrected chi connectivity index (χ0v) is 11.0. The maximum atomic E-state index is 11.9. The average Bonchev–Trinajstić information content (AvgIpc) is 2.39. The molecule has 3 amide bonds. The summed E-state index contributed by atoms with van der Waals surface area (Å²) in [6, 6.07) is -1.13. The summed E-state index contributed by atoms with van der Waals surface area (Å²) < 4.78 is 5.01. The summed E-state index contributed by atoms with van der Waals surface area (Å²) in [5, 5.41) is 13.9. The summed E-state index contributed by atoms with van der Waals surface area (Å²) in [5.74, 6) is -1.38. The summed E-state index contributed by atoms with van der Waals surface area (Å²) in [7, 11) is 0. The Labute approximate surface area is 111 Å². The molecule has 1 aliphatic rings. The van der Waals surface area contributed by atoms with E-state index in [1.54, 1.807) is 13.8 Å². The number of hydrogen-bond acceptors (Lipinski definition) is 4. The van der Waals surface area contributed by atoms with Gasteiger partial charge in [-0.3, -0.25) is 4.79 Å². The minimum absolute atomic E-state index is 0.0245. The zero-order chi connectivity index (χ0) is 14.4. The van der Waals surface area contributed by atoms with Crippen molar-refractivity contribution in [3.63, 3.8) is 0 Å². The van der Waals surface area contributed by atoms with Gasteiger partial charge >= 0.3 is 12.0 Å². The van der Waals surface area contributed by atoms with Crippen LogP contribution < -0.4 is 10.6 Å². The molecule has 0 spiro atoms. The molecule has 0 aromatic heterocycles. The van der Waals surface area contributed by atoms with Crippen molar-refractivity contribution in [3.8, 4) is 0 Å². The largest absolute Gasteiger partial charge is 0.479 e. The van der Waals surface area contributed by atoms with Gasteiger partial charge in [0.25, 0.3) is 0 Å². The number of aliphatic carboxylic acids is 1. The maximum Gasteiger partial charge on any atom is 0.334 e. The van der Waals surface area contributed by atoms with E-state index in [1.807, 2.05) is 0 Å². The predicted molar refractivity (Wildman–Crippen MR) is 65.6 cm³/mol. The van der Waals surface area contributed by atoms with Gasteiger partial charge in [-0.25, -0.2) is 9.59 Å². The van der Waals surface area contributed by atoms with Crippen LogP contribution in [-0.4, -0.2) is 66.3 Å². The first-order chi connectivity index (χ1) is 8.95. The molecule has 0 aliphatic carbocycles. The SMILES string of the molecule is CCNC(=O)C(C)NC(=O)N1CCOC(C(=O)O)C1. The highest BCUT2D eigenvalue weighted by atomic mass is 16.5. The van der Waals surface area contributed by atoms with Gasteiger partial charge in [-0.2, -0.15) is 0 Å². The van der Waals surface area contributed by atoms with E-state index in [2.05, 4.69) is 10.6 Å². The molecule has 2 atom stereocenters. The molecule has 1 fully saturated rings. The third kappa shape index (κ3) is 4.40. The standard InChI is InChI=1S/C11H19N3O5/c1-3-12-9(15)7(2)13-11(18)14-4-5-19-8(6-14)10(16)17/h7-8H,3-6H2,1-2H3,(H,12,15)(H,13,18)(H,16,17). The van der Waals surface area contributed by atoms with Crippen molar-refractivity contribution in [1.29, 1.82) is 0 Å². The number of hydrogen-bond donors (Lipinski definition) is 3. The number of urea groups is 1. The van der Waals surface area contributed by atoms with Crippen LogP contribution in [0.1, 0.15) is 13.8 Å². The van der Waals surface area contributed by atoms with Crippen molar-refractivity contribution >= 4 is 17.9 Å². The number of carboxylic acids is 1. The number of ether oxygens (including phenoxy) is 1. The fraction of sp³-hybridized carbons (Fsp3) is 0.727. The number of likely N-dealkylation sites (N-methyl/N-ethyl adjacent to an activating group) is 1. The van der Waals surface area contributed by atoms with Gasteiger partial charge in [0.15, 0.2) is 6.10 Å². The lowest BCUT2D eigenvalue weighted by Crippen LogP contribution is -2.55. The molecule has 2 unspecified atom stereocenters. The lowest BCUT2D eigenvalue weighted by molar-refractivity contribution is -0.154. The maximum absolute atomic E-state index is 11.9. The Morgan fingerprint density at radius 3 is 2.74 bits per heavy atom. The third-order valence-electron chi connectivity index (χ3n) is 2.71. The lowest BCUT2D eigenvalue weighted by atomic mass is 10.2. The van der Waals surface area contributed by atoms with Crippen LogP contribution in [0.4, 0.5) is 4.79 Å². The monoisotopic (exact) mass is 273 g/mol. The number of rotatable bonds is 4. The average molecular weight is 273 g/mol. The van der Waals surface area contributed by atoms with Crippen LogP contribution in [0.5, 0.6) is 0 Å². The molecular formula is C11H19N3O5. The molecule has 108 valence electrons. The quantitative estimate of drug-likeness (QED) is 0.609. The van der Waals surface area contributed by atoms with Crippen molar-refractivity contribution in [2.75, 3.05) is 26.2 Å². The van der Waals surface area contributed by atoms with Gasteiger partial charge in [0.1, 0.15) is 6.04 Å². The Morgan fingerprint density at radius 1 is 1.47 bits per heavy atom. The fourth-order valence-electron chi connectivity index (χ4n) is 1.65. The van der Waals surface area contributed by atoms with Crippen molar-refractivity contribution < 1.29 is 24.2 Å². The van der Waals surface area contributed by atoms with E-state index in [4.69, 9.17) is 9.84 Å². The fourth-order valence-corrected chi connectivity index (χ4v) is 1.65. The van der Waals surface area contributed by atoms with E-state index in [0.29, 0.717) is 13.1 Å². The minimum Gasteiger partial charge on any atom is -0.479 e. The molecule has 1 saturated heterocycles. The summed E-state index contributed by atoms with van der Waals surface area (Å²) in [4.78, 5) is 35.5. The van der Waals surface area contributed by atoms with E-state index in [9.17, 15) is 14.4 Å². The number of morpholine rings is 1. The topological polar surface area (TPSA) is 108 Å². The van der Waals surface area contributed by atoms with Gasteiger partial charge in [-0.05, 0) is 13.8 Å². The van der Waals surface area contributed by atoms with Crippen LogP contribution >= 0.6 is 0 Å². The highest BCUT2D eigenvalue weighted by molar-refractivity contribution is 5.87. The Balaban J connectivity index is 2.48. The van der Waals surface area contributed by atoms with Crippen molar-refractivity contribution in [3.05, 3.63) is 0 Å². The molecule has 19 heavy (non-hydrogen) atoms. The van der Waals surface area contributed by atoms with Gasteiger partial charge in [0.05, 0.1) is 13.2 Å². The second kappa shape index (κ2) is 6.93. The molecule has 3 N–H and O–H groups in total. The van der Waals surface area contributed by atoms with Crippen molar-refractivity contribution in [1.82, 2.24) is 15.5 Å². The molecule has 1 aliphatic heterocycles. The zero-order valence-electron chi connectivity index (χ0n) is 11.0. The van der Waals surface area contributed by atoms with Crippen molar-refractivity contribution in [2.45, 2.75) is 26.0 Å². The minimum atomic E-state index is -1.10. The lowest BCUT2D eigenvalue weighted by Gasteiger charge is -2.31. The van der Waals surface area contributed by atoms with E-state index in [-0.39, 0.29) is 19.1 Å². The van der Waals surface area contributed by atoms with Gasteiger partial charge in [-0.1, -0.05) is 0 Å². The number of nitrogens with one attached hydrogen (secondary N) is 2. The summed E-state index contributed by atoms with van der Waals surface area (Å²) in [6.07, 6.45) is -1.01. The van der Waals surface area contributed by atoms with Crippen LogP contribution in [0.15, 0.2) is 0 Å². The Morgan fingerprint density at radius 2 is 2.16 bits per heavy atom. The molecule has 8 nitrogen and oxygen atoms in total. The van der Waals surface area contributed by atoms with Crippen LogP contribution in [0.2, 0.25) is 0 Å². The van der Waals surface area contributed by atoms with Crippen LogP contribution in [0, 0.1) is 0 Å². The number of carboxylic acid groups (broad SMARTS) is 1. The normalized spacial score (nSPS) is 20.5.